The third kappa shape index (κ3) is 5.25. The molecule has 0 heterocycles. The number of hydrogen-bond donors (Lipinski definition) is 2. The second-order valence-electron chi connectivity index (χ2n) is 5.45. The van der Waals surface area contributed by atoms with Crippen LogP contribution in [-0.4, -0.2) is 43.8 Å². The van der Waals surface area contributed by atoms with Crippen molar-refractivity contribution in [3.63, 3.8) is 0 Å². The van der Waals surface area contributed by atoms with E-state index in [0.29, 0.717) is 19.1 Å². The van der Waals surface area contributed by atoms with E-state index < -0.39 is 10.0 Å². The van der Waals surface area contributed by atoms with E-state index in [9.17, 15) is 8.42 Å². The molecule has 0 aliphatic heterocycles. The van der Waals surface area contributed by atoms with E-state index in [1.54, 1.807) is 18.7 Å². The average molecular weight is 309 g/mol. The highest BCUT2D eigenvalue weighted by Gasteiger charge is 2.30. The maximum Gasteiger partial charge on any atom is 0.215 e. The van der Waals surface area contributed by atoms with E-state index in [1.807, 2.05) is 0 Å². The molecule has 0 aromatic heterocycles. The highest BCUT2D eigenvalue weighted by molar-refractivity contribution is 8.00. The summed E-state index contributed by atoms with van der Waals surface area (Å²) in [5, 5.41) is 2.90. The van der Waals surface area contributed by atoms with Crippen LogP contribution in [0.5, 0.6) is 0 Å². The summed E-state index contributed by atoms with van der Waals surface area (Å²) in [6.07, 6.45) is 6.37. The van der Waals surface area contributed by atoms with Gasteiger partial charge in [0.05, 0.1) is 5.25 Å². The largest absolute Gasteiger partial charge is 0.313 e. The number of hydrogen-bond acceptors (Lipinski definition) is 4. The van der Waals surface area contributed by atoms with Gasteiger partial charge in [0.15, 0.2) is 0 Å². The summed E-state index contributed by atoms with van der Waals surface area (Å²) in [4.78, 5) is 0. The first-order chi connectivity index (χ1) is 8.89. The molecule has 4 nitrogen and oxygen atoms in total. The Hall–Kier alpha value is 0.220. The molecule has 1 aliphatic carbocycles. The normalized spacial score (nSPS) is 18.5. The number of rotatable bonds is 10. The Morgan fingerprint density at radius 1 is 1.32 bits per heavy atom. The molecule has 0 aromatic carbocycles. The van der Waals surface area contributed by atoms with Crippen LogP contribution >= 0.6 is 11.8 Å². The Balaban J connectivity index is 2.47. The maximum atomic E-state index is 12.2. The summed E-state index contributed by atoms with van der Waals surface area (Å²) < 4.78 is 27.2. The van der Waals surface area contributed by atoms with Crippen molar-refractivity contribution in [2.75, 3.05) is 19.3 Å². The molecule has 1 saturated carbocycles. The molecule has 1 unspecified atom stereocenters. The smallest absolute Gasteiger partial charge is 0.215 e. The van der Waals surface area contributed by atoms with Gasteiger partial charge < -0.3 is 5.32 Å². The maximum absolute atomic E-state index is 12.2. The van der Waals surface area contributed by atoms with Gasteiger partial charge in [-0.1, -0.05) is 13.8 Å². The van der Waals surface area contributed by atoms with Crippen LogP contribution < -0.4 is 10.0 Å². The minimum absolute atomic E-state index is 0.0245. The van der Waals surface area contributed by atoms with Gasteiger partial charge in [0.2, 0.25) is 10.0 Å². The Bertz CT molecular complexity index is 355. The van der Waals surface area contributed by atoms with Crippen LogP contribution in [-0.2, 0) is 10.0 Å². The van der Waals surface area contributed by atoms with Gasteiger partial charge in [-0.15, -0.1) is 0 Å². The van der Waals surface area contributed by atoms with Crippen molar-refractivity contribution in [2.24, 2.45) is 0 Å². The van der Waals surface area contributed by atoms with Gasteiger partial charge in [-0.25, -0.2) is 13.1 Å². The van der Waals surface area contributed by atoms with Crippen molar-refractivity contribution >= 4 is 21.8 Å². The van der Waals surface area contributed by atoms with Gasteiger partial charge in [0.1, 0.15) is 0 Å². The monoisotopic (exact) mass is 308 g/mol. The quantitative estimate of drug-likeness (QED) is 0.648. The number of sulfonamides is 1. The first-order valence-electron chi connectivity index (χ1n) is 7.16. The third-order valence-electron chi connectivity index (χ3n) is 4.12. The van der Waals surface area contributed by atoms with E-state index in [-0.39, 0.29) is 10.00 Å². The average Bonchev–Trinajstić information content (AvgIpc) is 3.22. The van der Waals surface area contributed by atoms with Crippen LogP contribution in [0, 0.1) is 0 Å². The molecule has 2 N–H and O–H groups in total. The van der Waals surface area contributed by atoms with E-state index in [1.165, 1.54) is 12.8 Å². The predicted octanol–water partition coefficient (Wildman–Crippen LogP) is 1.97. The molecule has 19 heavy (non-hydrogen) atoms. The van der Waals surface area contributed by atoms with Crippen molar-refractivity contribution in [3.8, 4) is 0 Å². The van der Waals surface area contributed by atoms with Crippen molar-refractivity contribution in [1.82, 2.24) is 10.0 Å². The lowest BCUT2D eigenvalue weighted by atomic mass is 10.0. The van der Waals surface area contributed by atoms with E-state index in [4.69, 9.17) is 0 Å². The fourth-order valence-electron chi connectivity index (χ4n) is 1.97. The molecule has 6 heteroatoms. The Morgan fingerprint density at radius 2 is 1.89 bits per heavy atom. The van der Waals surface area contributed by atoms with Crippen LogP contribution in [0.2, 0.25) is 0 Å². The Morgan fingerprint density at radius 3 is 2.32 bits per heavy atom. The lowest BCUT2D eigenvalue weighted by Gasteiger charge is -2.30. The molecule has 0 bridgehead atoms. The third-order valence-corrected chi connectivity index (χ3v) is 7.48. The lowest BCUT2D eigenvalue weighted by Crippen LogP contribution is -2.45. The summed E-state index contributed by atoms with van der Waals surface area (Å²) in [5.74, 6) is 0. The van der Waals surface area contributed by atoms with Crippen LogP contribution in [0.15, 0.2) is 0 Å². The van der Waals surface area contributed by atoms with Gasteiger partial charge in [0.25, 0.3) is 0 Å². The summed E-state index contributed by atoms with van der Waals surface area (Å²) in [5.41, 5.74) is 0. The molecule has 0 radical (unpaired) electrons. The van der Waals surface area contributed by atoms with Crippen LogP contribution in [0.1, 0.15) is 46.5 Å². The van der Waals surface area contributed by atoms with Crippen molar-refractivity contribution in [2.45, 2.75) is 62.5 Å². The fourth-order valence-corrected chi connectivity index (χ4v) is 3.93. The SMILES string of the molecule is CCC(CC)(CNS(=O)(=O)C(C)CNC1CC1)SC. The van der Waals surface area contributed by atoms with Crippen molar-refractivity contribution in [1.29, 1.82) is 0 Å². The highest BCUT2D eigenvalue weighted by atomic mass is 32.2. The molecule has 114 valence electrons. The zero-order valence-corrected chi connectivity index (χ0v) is 14.2. The molecule has 1 rings (SSSR count). The predicted molar refractivity (Wildman–Crippen MR) is 84.2 cm³/mol. The van der Waals surface area contributed by atoms with E-state index in [2.05, 4.69) is 30.1 Å². The summed E-state index contributed by atoms with van der Waals surface area (Å²) in [6.45, 7) is 7.08. The second kappa shape index (κ2) is 7.29. The highest BCUT2D eigenvalue weighted by Crippen LogP contribution is 2.29. The van der Waals surface area contributed by atoms with Gasteiger partial charge >= 0.3 is 0 Å². The molecule has 1 fully saturated rings. The first kappa shape index (κ1) is 17.3. The van der Waals surface area contributed by atoms with E-state index >= 15 is 0 Å². The minimum atomic E-state index is -3.22. The molecule has 0 spiro atoms. The Kier molecular flexibility index (Phi) is 6.63. The van der Waals surface area contributed by atoms with Crippen molar-refractivity contribution in [3.05, 3.63) is 0 Å². The van der Waals surface area contributed by atoms with Crippen molar-refractivity contribution < 1.29 is 8.42 Å². The van der Waals surface area contributed by atoms with Gasteiger partial charge in [-0.2, -0.15) is 11.8 Å². The Labute approximate surface area is 122 Å². The number of nitrogens with one attached hydrogen (secondary N) is 2. The molecule has 0 aromatic rings. The van der Waals surface area contributed by atoms with Crippen LogP contribution in [0.25, 0.3) is 0 Å². The molecule has 0 amide bonds. The summed E-state index contributed by atoms with van der Waals surface area (Å²) in [7, 11) is -3.22. The van der Waals surface area contributed by atoms with Gasteiger partial charge in [-0.05, 0) is 38.9 Å². The van der Waals surface area contributed by atoms with Gasteiger partial charge in [-0.3, -0.25) is 0 Å². The van der Waals surface area contributed by atoms with Gasteiger partial charge in [0, 0.05) is 23.9 Å². The molecular weight excluding hydrogens is 280 g/mol. The second-order valence-corrected chi connectivity index (χ2v) is 8.91. The zero-order chi connectivity index (χ0) is 14.5. The first-order valence-corrected chi connectivity index (χ1v) is 9.93. The minimum Gasteiger partial charge on any atom is -0.313 e. The summed E-state index contributed by atoms with van der Waals surface area (Å²) in [6, 6.07) is 0.550. The molecule has 1 atom stereocenters. The van der Waals surface area contributed by atoms with Crippen LogP contribution in [0.3, 0.4) is 0 Å². The topological polar surface area (TPSA) is 58.2 Å². The number of thioether (sulfide) groups is 1. The lowest BCUT2D eigenvalue weighted by molar-refractivity contribution is 0.513. The zero-order valence-electron chi connectivity index (χ0n) is 12.5. The standard InChI is InChI=1S/C13H28N2O2S2/c1-5-13(6-2,18-4)10-15-19(16,17)11(3)9-14-12-7-8-12/h11-12,14-15H,5-10H2,1-4H3. The summed E-state index contributed by atoms with van der Waals surface area (Å²) >= 11 is 1.76. The fraction of sp³-hybridized carbons (Fsp3) is 1.00. The molecule has 1 aliphatic rings. The van der Waals surface area contributed by atoms with E-state index in [0.717, 1.165) is 12.8 Å². The molecular formula is C13H28N2O2S2. The van der Waals surface area contributed by atoms with Crippen LogP contribution in [0.4, 0.5) is 0 Å². The molecule has 0 saturated heterocycles.